The van der Waals surface area contributed by atoms with Crippen LogP contribution in [0.5, 0.6) is 0 Å². The first-order valence-electron chi connectivity index (χ1n) is 4.26. The number of halogens is 1. The Morgan fingerprint density at radius 3 is 2.81 bits per heavy atom. The molecule has 5 nitrogen and oxygen atoms in total. The fraction of sp³-hybridized carbons (Fsp3) is 0. The van der Waals surface area contributed by atoms with Crippen molar-refractivity contribution in [2.24, 2.45) is 5.73 Å². The van der Waals surface area contributed by atoms with Crippen LogP contribution < -0.4 is 11.5 Å². The molecular weight excluding hydrogens is 231 g/mol. The largest absolute Gasteiger partial charge is 0.389 e. The van der Waals surface area contributed by atoms with Crippen LogP contribution in [-0.4, -0.2) is 15.9 Å². The van der Waals surface area contributed by atoms with E-state index in [1.807, 2.05) is 0 Å². The Morgan fingerprint density at radius 2 is 2.25 bits per heavy atom. The zero-order valence-corrected chi connectivity index (χ0v) is 8.79. The van der Waals surface area contributed by atoms with Crippen LogP contribution in [0.25, 0.3) is 10.7 Å². The van der Waals surface area contributed by atoms with Crippen molar-refractivity contribution in [1.82, 2.24) is 9.97 Å². The molecule has 2 heterocycles. The smallest absolute Gasteiger partial charge is 0.270 e. The van der Waals surface area contributed by atoms with Gasteiger partial charge in [-0.05, 0) is 12.1 Å². The number of primary amides is 1. The number of nitrogens with two attached hydrogens (primary N) is 2. The van der Waals surface area contributed by atoms with Crippen LogP contribution in [0.3, 0.4) is 0 Å². The zero-order valence-electron chi connectivity index (χ0n) is 7.98. The number of amides is 1. The van der Waals surface area contributed by atoms with Crippen molar-refractivity contribution >= 4 is 22.2 Å². The lowest BCUT2D eigenvalue weighted by atomic mass is 10.3. The van der Waals surface area contributed by atoms with Crippen LogP contribution in [0, 0.1) is 5.82 Å². The minimum Gasteiger partial charge on any atom is -0.389 e. The minimum atomic E-state index is -0.740. The summed E-state index contributed by atoms with van der Waals surface area (Å²) < 4.78 is 13.4. The molecule has 0 aliphatic rings. The highest BCUT2D eigenvalue weighted by Crippen LogP contribution is 2.29. The van der Waals surface area contributed by atoms with Gasteiger partial charge in [-0.3, -0.25) is 9.78 Å². The second-order valence-corrected chi connectivity index (χ2v) is 3.96. The molecule has 4 N–H and O–H groups in total. The molecule has 2 rings (SSSR count). The molecule has 0 saturated carbocycles. The summed E-state index contributed by atoms with van der Waals surface area (Å²) in [4.78, 5) is 18.6. The Hall–Kier alpha value is -2.02. The van der Waals surface area contributed by atoms with Gasteiger partial charge in [0.25, 0.3) is 5.91 Å². The van der Waals surface area contributed by atoms with Crippen molar-refractivity contribution in [1.29, 1.82) is 0 Å². The summed E-state index contributed by atoms with van der Waals surface area (Å²) in [6.07, 6.45) is 1.43. The van der Waals surface area contributed by atoms with Gasteiger partial charge in [0.1, 0.15) is 15.7 Å². The Balaban J connectivity index is 2.54. The number of carbonyl (C=O) groups is 1. The van der Waals surface area contributed by atoms with E-state index in [-0.39, 0.29) is 21.4 Å². The number of hydrogen-bond donors (Lipinski definition) is 2. The molecule has 0 bridgehead atoms. The molecule has 1 amide bonds. The number of anilines is 1. The maximum Gasteiger partial charge on any atom is 0.270 e. The SMILES string of the molecule is NC(=O)c1nc(-c2ncccc2F)sc1N. The van der Waals surface area contributed by atoms with E-state index in [1.54, 1.807) is 0 Å². The molecule has 16 heavy (non-hydrogen) atoms. The average molecular weight is 238 g/mol. The lowest BCUT2D eigenvalue weighted by Crippen LogP contribution is -2.13. The average Bonchev–Trinajstić information content (AvgIpc) is 2.61. The van der Waals surface area contributed by atoms with Gasteiger partial charge >= 0.3 is 0 Å². The van der Waals surface area contributed by atoms with Gasteiger partial charge in [0.2, 0.25) is 0 Å². The van der Waals surface area contributed by atoms with Gasteiger partial charge in [-0.2, -0.15) is 0 Å². The van der Waals surface area contributed by atoms with E-state index in [0.717, 1.165) is 11.3 Å². The summed E-state index contributed by atoms with van der Waals surface area (Å²) in [6.45, 7) is 0. The highest BCUT2D eigenvalue weighted by Gasteiger charge is 2.17. The highest BCUT2D eigenvalue weighted by molar-refractivity contribution is 7.19. The van der Waals surface area contributed by atoms with Gasteiger partial charge in [0, 0.05) is 6.20 Å². The number of pyridine rings is 1. The Morgan fingerprint density at radius 1 is 1.50 bits per heavy atom. The first-order valence-corrected chi connectivity index (χ1v) is 5.08. The molecule has 0 fully saturated rings. The molecule has 0 spiro atoms. The summed E-state index contributed by atoms with van der Waals surface area (Å²) in [7, 11) is 0. The third kappa shape index (κ3) is 1.72. The van der Waals surface area contributed by atoms with E-state index < -0.39 is 11.7 Å². The van der Waals surface area contributed by atoms with E-state index in [0.29, 0.717) is 0 Å². The molecule has 0 saturated heterocycles. The normalized spacial score (nSPS) is 10.3. The van der Waals surface area contributed by atoms with Crippen LogP contribution in [0.4, 0.5) is 9.39 Å². The fourth-order valence-electron chi connectivity index (χ4n) is 1.15. The van der Waals surface area contributed by atoms with Gasteiger partial charge < -0.3 is 11.5 Å². The van der Waals surface area contributed by atoms with Crippen LogP contribution in [0.1, 0.15) is 10.5 Å². The third-order valence-corrected chi connectivity index (χ3v) is 2.74. The number of thiazole rings is 1. The van der Waals surface area contributed by atoms with Crippen LogP contribution in [0.15, 0.2) is 18.3 Å². The van der Waals surface area contributed by atoms with Crippen LogP contribution in [-0.2, 0) is 0 Å². The Bertz CT molecular complexity index is 554. The summed E-state index contributed by atoms with van der Waals surface area (Å²) in [5.41, 5.74) is 10.6. The first kappa shape index (κ1) is 10.5. The molecule has 0 unspecified atom stereocenters. The molecule has 0 atom stereocenters. The van der Waals surface area contributed by atoms with Crippen molar-refractivity contribution in [3.8, 4) is 10.7 Å². The first-order chi connectivity index (χ1) is 7.59. The molecule has 0 aliphatic heterocycles. The second kappa shape index (κ2) is 3.86. The number of hydrogen-bond acceptors (Lipinski definition) is 5. The van der Waals surface area contributed by atoms with Crippen molar-refractivity contribution in [2.45, 2.75) is 0 Å². The van der Waals surface area contributed by atoms with Gasteiger partial charge in [-0.15, -0.1) is 0 Å². The van der Waals surface area contributed by atoms with Crippen molar-refractivity contribution in [3.63, 3.8) is 0 Å². The lowest BCUT2D eigenvalue weighted by Gasteiger charge is -1.95. The molecule has 82 valence electrons. The summed E-state index contributed by atoms with van der Waals surface area (Å²) >= 11 is 0.973. The molecule has 7 heteroatoms. The third-order valence-electron chi connectivity index (χ3n) is 1.85. The Labute approximate surface area is 93.9 Å². The molecule has 0 radical (unpaired) electrons. The monoisotopic (exact) mass is 238 g/mol. The van der Waals surface area contributed by atoms with Gasteiger partial charge in [0.15, 0.2) is 11.5 Å². The molecule has 0 aromatic carbocycles. The summed E-state index contributed by atoms with van der Waals surface area (Å²) in [5, 5.41) is 0.400. The molecule has 2 aromatic heterocycles. The zero-order chi connectivity index (χ0) is 11.7. The topological polar surface area (TPSA) is 94.9 Å². The predicted molar refractivity (Wildman–Crippen MR) is 58.2 cm³/mol. The van der Waals surface area contributed by atoms with E-state index in [2.05, 4.69) is 9.97 Å². The minimum absolute atomic E-state index is 0.0509. The number of rotatable bonds is 2. The lowest BCUT2D eigenvalue weighted by molar-refractivity contribution is 0.0997. The van der Waals surface area contributed by atoms with Gasteiger partial charge in [0.05, 0.1) is 0 Å². The van der Waals surface area contributed by atoms with Crippen molar-refractivity contribution in [2.75, 3.05) is 5.73 Å². The van der Waals surface area contributed by atoms with Gasteiger partial charge in [-0.1, -0.05) is 11.3 Å². The Kier molecular flexibility index (Phi) is 2.53. The quantitative estimate of drug-likeness (QED) is 0.816. The van der Waals surface area contributed by atoms with Crippen molar-refractivity contribution < 1.29 is 9.18 Å². The maximum atomic E-state index is 13.4. The highest BCUT2D eigenvalue weighted by atomic mass is 32.1. The van der Waals surface area contributed by atoms with E-state index in [9.17, 15) is 9.18 Å². The molecule has 0 aliphatic carbocycles. The number of carbonyl (C=O) groups excluding carboxylic acids is 1. The predicted octanol–water partition coefficient (Wildman–Crippen LogP) is 1.03. The van der Waals surface area contributed by atoms with Crippen LogP contribution >= 0.6 is 11.3 Å². The second-order valence-electron chi connectivity index (χ2n) is 2.93. The van der Waals surface area contributed by atoms with E-state index in [1.165, 1.54) is 18.3 Å². The van der Waals surface area contributed by atoms with Crippen molar-refractivity contribution in [3.05, 3.63) is 29.8 Å². The summed E-state index contributed by atoms with van der Waals surface area (Å²) in [6, 6.07) is 2.72. The molecule has 2 aromatic rings. The number of aromatic nitrogens is 2. The van der Waals surface area contributed by atoms with Gasteiger partial charge in [-0.25, -0.2) is 9.37 Å². The number of nitrogens with zero attached hydrogens (tertiary/aromatic N) is 2. The number of nitrogen functional groups attached to an aromatic ring is 1. The fourth-order valence-corrected chi connectivity index (χ4v) is 1.99. The van der Waals surface area contributed by atoms with Crippen LogP contribution in [0.2, 0.25) is 0 Å². The van der Waals surface area contributed by atoms with E-state index in [4.69, 9.17) is 11.5 Å². The van der Waals surface area contributed by atoms with E-state index >= 15 is 0 Å². The molecular formula is C9H7FN4OS. The maximum absolute atomic E-state index is 13.4. The standard InChI is InChI=1S/C9H7FN4OS/c10-4-2-1-3-13-5(4)9-14-6(7(11)15)8(12)16-9/h1-3H,12H2,(H2,11,15). The summed E-state index contributed by atoms with van der Waals surface area (Å²) in [5.74, 6) is -1.26.